The summed E-state index contributed by atoms with van der Waals surface area (Å²) >= 11 is 0. The van der Waals surface area contributed by atoms with Crippen molar-refractivity contribution in [1.29, 1.82) is 0 Å². The van der Waals surface area contributed by atoms with Gasteiger partial charge in [-0.05, 0) is 18.9 Å². The van der Waals surface area contributed by atoms with E-state index >= 15 is 0 Å². The minimum atomic E-state index is -0.388. The van der Waals surface area contributed by atoms with Gasteiger partial charge in [0, 0.05) is 31.3 Å². The first-order valence-electron chi connectivity index (χ1n) is 6.45. The number of hydrogen-bond acceptors (Lipinski definition) is 6. The van der Waals surface area contributed by atoms with Crippen LogP contribution < -0.4 is 4.90 Å². The Bertz CT molecular complexity index is 600. The van der Waals surface area contributed by atoms with Gasteiger partial charge < -0.3 is 4.90 Å². The Hall–Kier alpha value is -2.51. The molecule has 1 saturated heterocycles. The van der Waals surface area contributed by atoms with Crippen LogP contribution >= 0.6 is 0 Å². The van der Waals surface area contributed by atoms with Crippen LogP contribution in [0, 0.1) is 10.1 Å². The molecule has 0 spiro atoms. The van der Waals surface area contributed by atoms with Crippen molar-refractivity contribution in [3.63, 3.8) is 0 Å². The Balaban J connectivity index is 1.86. The highest BCUT2D eigenvalue weighted by Crippen LogP contribution is 2.31. The van der Waals surface area contributed by atoms with Crippen LogP contribution in [0.4, 0.5) is 11.5 Å². The molecule has 1 atom stereocenters. The number of nitrogens with one attached hydrogen (secondary N) is 1. The van der Waals surface area contributed by atoms with Crippen LogP contribution in [0.2, 0.25) is 0 Å². The summed E-state index contributed by atoms with van der Waals surface area (Å²) in [6, 6.07) is 3.07. The number of hydrogen-bond donors (Lipinski definition) is 1. The molecule has 2 aromatic rings. The number of anilines is 1. The second kappa shape index (κ2) is 5.24. The molecule has 104 valence electrons. The maximum absolute atomic E-state index is 11.1. The molecule has 20 heavy (non-hydrogen) atoms. The molecule has 1 aliphatic rings. The Labute approximate surface area is 115 Å². The number of piperidine rings is 1. The van der Waals surface area contributed by atoms with Gasteiger partial charge in [-0.25, -0.2) is 9.97 Å². The molecule has 8 heteroatoms. The monoisotopic (exact) mass is 274 g/mol. The Morgan fingerprint density at radius 1 is 1.45 bits per heavy atom. The van der Waals surface area contributed by atoms with E-state index in [9.17, 15) is 10.1 Å². The normalized spacial score (nSPS) is 19.0. The largest absolute Gasteiger partial charge is 0.350 e. The van der Waals surface area contributed by atoms with Crippen molar-refractivity contribution in [2.24, 2.45) is 0 Å². The molecule has 8 nitrogen and oxygen atoms in total. The molecule has 0 amide bonds. The predicted octanol–water partition coefficient (Wildman–Crippen LogP) is 1.49. The number of pyridine rings is 1. The van der Waals surface area contributed by atoms with Crippen molar-refractivity contribution in [3.05, 3.63) is 40.6 Å². The zero-order valence-electron chi connectivity index (χ0n) is 10.8. The number of nitrogens with zero attached hydrogens (tertiary/aromatic N) is 5. The fraction of sp³-hybridized carbons (Fsp3) is 0.417. The van der Waals surface area contributed by atoms with Gasteiger partial charge >= 0.3 is 5.69 Å². The third kappa shape index (κ3) is 2.31. The van der Waals surface area contributed by atoms with E-state index in [-0.39, 0.29) is 16.5 Å². The Morgan fingerprint density at radius 3 is 3.10 bits per heavy atom. The first kappa shape index (κ1) is 12.5. The van der Waals surface area contributed by atoms with Gasteiger partial charge in [-0.15, -0.1) is 0 Å². The van der Waals surface area contributed by atoms with E-state index < -0.39 is 0 Å². The maximum atomic E-state index is 11.1. The van der Waals surface area contributed by atoms with E-state index in [1.54, 1.807) is 12.3 Å². The van der Waals surface area contributed by atoms with Gasteiger partial charge in [0.25, 0.3) is 0 Å². The average Bonchev–Trinajstić information content (AvgIpc) is 3.01. The first-order chi connectivity index (χ1) is 9.75. The number of H-pyrrole nitrogens is 1. The summed E-state index contributed by atoms with van der Waals surface area (Å²) in [5, 5.41) is 17.8. The zero-order chi connectivity index (χ0) is 13.9. The van der Waals surface area contributed by atoms with E-state index in [2.05, 4.69) is 20.2 Å². The molecule has 1 N–H and O–H groups in total. The lowest BCUT2D eigenvalue weighted by atomic mass is 9.97. The fourth-order valence-electron chi connectivity index (χ4n) is 2.58. The average molecular weight is 274 g/mol. The molecular weight excluding hydrogens is 260 g/mol. The summed E-state index contributed by atoms with van der Waals surface area (Å²) in [7, 11) is 0. The SMILES string of the molecule is O=[N+]([O-])c1cccnc1N1CCC[C@@H](c2ncn[nH]2)C1. The van der Waals surface area contributed by atoms with Crippen LogP contribution in [0.15, 0.2) is 24.7 Å². The standard InChI is InChI=1S/C12H14N6O2/c19-18(20)10-4-1-5-13-12(10)17-6-2-3-9(7-17)11-14-8-15-16-11/h1,4-5,8-9H,2-3,6-7H2,(H,14,15,16)/t9-/m1/s1. The van der Waals surface area contributed by atoms with Crippen LogP contribution in [-0.4, -0.2) is 38.2 Å². The second-order valence-electron chi connectivity index (χ2n) is 4.76. The minimum Gasteiger partial charge on any atom is -0.350 e. The van der Waals surface area contributed by atoms with Crippen LogP contribution in [0.25, 0.3) is 0 Å². The van der Waals surface area contributed by atoms with Crippen molar-refractivity contribution in [2.75, 3.05) is 18.0 Å². The maximum Gasteiger partial charge on any atom is 0.311 e. The van der Waals surface area contributed by atoms with Crippen LogP contribution in [0.5, 0.6) is 0 Å². The van der Waals surface area contributed by atoms with Crippen molar-refractivity contribution < 1.29 is 4.92 Å². The van der Waals surface area contributed by atoms with Gasteiger partial charge in [-0.3, -0.25) is 15.2 Å². The second-order valence-corrected chi connectivity index (χ2v) is 4.76. The minimum absolute atomic E-state index is 0.0470. The van der Waals surface area contributed by atoms with E-state index in [0.29, 0.717) is 12.4 Å². The first-order valence-corrected chi connectivity index (χ1v) is 6.45. The molecule has 0 bridgehead atoms. The lowest BCUT2D eigenvalue weighted by Crippen LogP contribution is -2.35. The third-order valence-corrected chi connectivity index (χ3v) is 3.50. The highest BCUT2D eigenvalue weighted by atomic mass is 16.6. The van der Waals surface area contributed by atoms with Crippen LogP contribution in [0.3, 0.4) is 0 Å². The van der Waals surface area contributed by atoms with Gasteiger partial charge in [-0.2, -0.15) is 5.10 Å². The number of aromatic nitrogens is 4. The molecule has 0 aromatic carbocycles. The molecule has 3 heterocycles. The molecular formula is C12H14N6O2. The summed E-state index contributed by atoms with van der Waals surface area (Å²) in [6.45, 7) is 1.43. The topological polar surface area (TPSA) is 101 Å². The van der Waals surface area contributed by atoms with Gasteiger partial charge in [0.2, 0.25) is 5.82 Å². The summed E-state index contributed by atoms with van der Waals surface area (Å²) in [5.74, 6) is 1.46. The van der Waals surface area contributed by atoms with Crippen LogP contribution in [-0.2, 0) is 0 Å². The van der Waals surface area contributed by atoms with E-state index in [4.69, 9.17) is 0 Å². The predicted molar refractivity (Wildman–Crippen MR) is 71.5 cm³/mol. The van der Waals surface area contributed by atoms with E-state index in [1.165, 1.54) is 12.4 Å². The van der Waals surface area contributed by atoms with E-state index in [1.807, 2.05) is 4.90 Å². The lowest BCUT2D eigenvalue weighted by molar-refractivity contribution is -0.384. The van der Waals surface area contributed by atoms with Crippen molar-refractivity contribution >= 4 is 11.5 Å². The van der Waals surface area contributed by atoms with Gasteiger partial charge in [0.05, 0.1) is 4.92 Å². The van der Waals surface area contributed by atoms with Crippen molar-refractivity contribution in [1.82, 2.24) is 20.2 Å². The summed E-state index contributed by atoms with van der Waals surface area (Å²) < 4.78 is 0. The molecule has 0 unspecified atom stereocenters. The van der Waals surface area contributed by atoms with E-state index in [0.717, 1.165) is 25.2 Å². The molecule has 0 saturated carbocycles. The molecule has 0 aliphatic carbocycles. The van der Waals surface area contributed by atoms with Gasteiger partial charge in [0.1, 0.15) is 12.2 Å². The molecule has 2 aromatic heterocycles. The molecule has 3 rings (SSSR count). The summed E-state index contributed by atoms with van der Waals surface area (Å²) in [6.07, 6.45) is 5.00. The lowest BCUT2D eigenvalue weighted by Gasteiger charge is -2.32. The van der Waals surface area contributed by atoms with Crippen LogP contribution in [0.1, 0.15) is 24.6 Å². The van der Waals surface area contributed by atoms with Gasteiger partial charge in [-0.1, -0.05) is 0 Å². The van der Waals surface area contributed by atoms with Gasteiger partial charge in [0.15, 0.2) is 0 Å². The number of aromatic amines is 1. The third-order valence-electron chi connectivity index (χ3n) is 3.50. The quantitative estimate of drug-likeness (QED) is 0.672. The fourth-order valence-corrected chi connectivity index (χ4v) is 2.58. The Morgan fingerprint density at radius 2 is 2.35 bits per heavy atom. The molecule has 0 radical (unpaired) electrons. The highest BCUT2D eigenvalue weighted by molar-refractivity contribution is 5.57. The number of nitro groups is 1. The molecule has 1 fully saturated rings. The Kier molecular flexibility index (Phi) is 3.28. The molecule has 1 aliphatic heterocycles. The zero-order valence-corrected chi connectivity index (χ0v) is 10.8. The highest BCUT2D eigenvalue weighted by Gasteiger charge is 2.28. The van der Waals surface area contributed by atoms with Crippen molar-refractivity contribution in [3.8, 4) is 0 Å². The number of rotatable bonds is 3. The smallest absolute Gasteiger partial charge is 0.311 e. The van der Waals surface area contributed by atoms with Crippen molar-refractivity contribution in [2.45, 2.75) is 18.8 Å². The summed E-state index contributed by atoms with van der Waals surface area (Å²) in [5.41, 5.74) is 0.0470. The summed E-state index contributed by atoms with van der Waals surface area (Å²) in [4.78, 5) is 21.0.